The maximum atomic E-state index is 13.9. The van der Waals surface area contributed by atoms with Crippen molar-refractivity contribution in [3.05, 3.63) is 198 Å². The summed E-state index contributed by atoms with van der Waals surface area (Å²) >= 11 is 0. The normalized spacial score (nSPS) is 13.4. The molecule has 16 heteroatoms. The second-order valence-electron chi connectivity index (χ2n) is 14.7. The van der Waals surface area contributed by atoms with Crippen LogP contribution in [-0.4, -0.2) is 50.8 Å². The second kappa shape index (κ2) is 18.9. The third-order valence-corrected chi connectivity index (χ3v) is 10.2. The summed E-state index contributed by atoms with van der Waals surface area (Å²) in [6, 6.07) is 39.5. The molecule has 0 unspecified atom stereocenters. The Bertz CT molecular complexity index is 3290. The standard InChI is InChI=1S/C52H26N3O12.Ir/c56-47-22-29-1-17-42-43(21-29)52(61)64-38-12-6-32(7-13-38)46-20-16-41(28-55-46)67-50(59)35-24-33(48(57)65-39-14-18-44(53-26-39)30-2-8-36(62-47)9-3-30)23-34(25-35)49(58)66-40-15-19-45(54-27-40)31-4-10-37(11-5-31)63-51(42)60;/h1-2,4,6,8-21,23-28H,22H2;/q-3;+3. The van der Waals surface area contributed by atoms with Gasteiger partial charge in [-0.3, -0.25) is 4.79 Å². The molecule has 14 aliphatic rings. The monoisotopic (exact) mass is 1080 g/mol. The van der Waals surface area contributed by atoms with Crippen LogP contribution in [0.3, 0.4) is 0 Å². The van der Waals surface area contributed by atoms with E-state index in [4.69, 9.17) is 28.4 Å². The average Bonchev–Trinajstić information content (AvgIpc) is 3.34. The topological polar surface area (TPSA) is 196 Å². The van der Waals surface area contributed by atoms with Crippen LogP contribution in [-0.2, 0) is 31.3 Å². The van der Waals surface area contributed by atoms with Crippen molar-refractivity contribution in [3.63, 3.8) is 0 Å². The molecule has 22 rings (SSSR count). The fraction of sp³-hybridized carbons (Fsp3) is 0.0192. The number of carbonyl (C=O) groups is 6. The minimum Gasteiger partial charge on any atom is -0.475 e. The van der Waals surface area contributed by atoms with E-state index in [2.05, 4.69) is 33.2 Å². The smallest absolute Gasteiger partial charge is 0.475 e. The Balaban J connectivity index is 0.00000578. The Morgan fingerprint density at radius 2 is 0.735 bits per heavy atom. The van der Waals surface area contributed by atoms with Crippen LogP contribution in [0.25, 0.3) is 33.8 Å². The van der Waals surface area contributed by atoms with Gasteiger partial charge in [-0.25, -0.2) is 24.0 Å². The molecule has 0 N–H and O–H groups in total. The molecule has 14 aliphatic heterocycles. The average molecular weight is 1080 g/mol. The van der Waals surface area contributed by atoms with E-state index < -0.39 is 35.8 Å². The first-order valence-corrected chi connectivity index (χ1v) is 20.1. The first kappa shape index (κ1) is 44.2. The Morgan fingerprint density at radius 3 is 1.10 bits per heavy atom. The van der Waals surface area contributed by atoms with Gasteiger partial charge in [0.25, 0.3) is 0 Å². The number of nitrogens with zero attached hydrogens (tertiary/aromatic N) is 3. The Hall–Kier alpha value is -8.98. The van der Waals surface area contributed by atoms with E-state index in [1.807, 2.05) is 0 Å². The van der Waals surface area contributed by atoms with Gasteiger partial charge < -0.3 is 43.4 Å². The summed E-state index contributed by atoms with van der Waals surface area (Å²) in [5.41, 5.74) is 2.07. The molecule has 0 atom stereocenters. The van der Waals surface area contributed by atoms with Gasteiger partial charge in [0.2, 0.25) is 0 Å². The molecule has 68 heavy (non-hydrogen) atoms. The summed E-state index contributed by atoms with van der Waals surface area (Å²) in [7, 11) is 0. The van der Waals surface area contributed by atoms with Gasteiger partial charge in [-0.2, -0.15) is 0 Å². The van der Waals surface area contributed by atoms with Crippen LogP contribution < -0.4 is 28.4 Å². The largest absolute Gasteiger partial charge is 3.00 e. The number of hydrogen-bond donors (Lipinski definition) is 0. The van der Waals surface area contributed by atoms with Crippen LogP contribution in [0.2, 0.25) is 0 Å². The predicted octanol–water partition coefficient (Wildman–Crippen LogP) is 8.14. The van der Waals surface area contributed by atoms with Crippen LogP contribution in [0.15, 0.2) is 146 Å². The summed E-state index contributed by atoms with van der Waals surface area (Å²) in [6.07, 6.45) is 3.57. The third kappa shape index (κ3) is 9.67. The number of benzene rings is 5. The van der Waals surface area contributed by atoms with E-state index in [0.29, 0.717) is 39.3 Å². The maximum Gasteiger partial charge on any atom is 3.00 e. The van der Waals surface area contributed by atoms with Gasteiger partial charge in [-0.1, -0.05) is 24.3 Å². The fourth-order valence-electron chi connectivity index (χ4n) is 6.89. The first-order chi connectivity index (χ1) is 32.6. The molecule has 0 saturated heterocycles. The minimum absolute atomic E-state index is 0. The summed E-state index contributed by atoms with van der Waals surface area (Å²) in [4.78, 5) is 95.0. The summed E-state index contributed by atoms with van der Waals surface area (Å²) in [6.45, 7) is 0. The van der Waals surface area contributed by atoms with Gasteiger partial charge in [0.15, 0.2) is 0 Å². The Morgan fingerprint density at radius 1 is 0.368 bits per heavy atom. The molecule has 0 spiro atoms. The zero-order chi connectivity index (χ0) is 46.0. The number of aromatic nitrogens is 3. The zero-order valence-electron chi connectivity index (χ0n) is 34.6. The quantitative estimate of drug-likeness (QED) is 0.0801. The van der Waals surface area contributed by atoms with E-state index in [1.54, 1.807) is 36.4 Å². The van der Waals surface area contributed by atoms with E-state index in [0.717, 1.165) is 0 Å². The molecule has 0 aliphatic carbocycles. The number of hydrogen-bond acceptors (Lipinski definition) is 15. The van der Waals surface area contributed by atoms with Gasteiger partial charge in [0, 0.05) is 17.2 Å². The van der Waals surface area contributed by atoms with Crippen molar-refractivity contribution in [1.82, 2.24) is 15.0 Å². The molecule has 15 nitrogen and oxygen atoms in total. The molecule has 17 heterocycles. The van der Waals surface area contributed by atoms with E-state index in [9.17, 15) is 28.8 Å². The molecule has 3 aromatic heterocycles. The molecule has 0 amide bonds. The van der Waals surface area contributed by atoms with Crippen molar-refractivity contribution >= 4 is 35.8 Å². The molecular weight excluding hydrogens is 1050 g/mol. The first-order valence-electron chi connectivity index (χ1n) is 20.1. The van der Waals surface area contributed by atoms with E-state index in [1.165, 1.54) is 110 Å². The molecule has 330 valence electrons. The molecule has 8 aromatic rings. The summed E-state index contributed by atoms with van der Waals surface area (Å²) in [5, 5.41) is 0. The van der Waals surface area contributed by atoms with Crippen molar-refractivity contribution in [2.24, 2.45) is 0 Å². The van der Waals surface area contributed by atoms with Gasteiger partial charge >= 0.3 is 55.9 Å². The van der Waals surface area contributed by atoms with E-state index in [-0.39, 0.29) is 88.8 Å². The van der Waals surface area contributed by atoms with Crippen LogP contribution in [0.5, 0.6) is 34.5 Å². The zero-order valence-corrected chi connectivity index (χ0v) is 37.0. The molecule has 5 aromatic carbocycles. The van der Waals surface area contributed by atoms with Gasteiger partial charge in [-0.15, -0.1) is 89.5 Å². The number of carbonyl (C=O) groups excluding carboxylic acids is 6. The van der Waals surface area contributed by atoms with Crippen molar-refractivity contribution < 1.29 is 77.3 Å². The number of esters is 6. The van der Waals surface area contributed by atoms with E-state index >= 15 is 0 Å². The van der Waals surface area contributed by atoms with Gasteiger partial charge in [0.05, 0.1) is 52.8 Å². The molecule has 0 saturated carbocycles. The summed E-state index contributed by atoms with van der Waals surface area (Å²) < 4.78 is 33.8. The number of pyridine rings is 3. The Labute approximate surface area is 398 Å². The third-order valence-electron chi connectivity index (χ3n) is 10.2. The molecule has 0 fully saturated rings. The van der Waals surface area contributed by atoms with Crippen molar-refractivity contribution in [3.8, 4) is 68.3 Å². The molecule has 0 radical (unpaired) electrons. The summed E-state index contributed by atoms with van der Waals surface area (Å²) in [5.74, 6) is -4.93. The Kier molecular flexibility index (Phi) is 12.3. The second-order valence-corrected chi connectivity index (χ2v) is 14.7. The molecular formula is C52H26IrN3O12. The number of ether oxygens (including phenoxy) is 6. The van der Waals surface area contributed by atoms with Crippen molar-refractivity contribution in [2.45, 2.75) is 6.42 Å². The van der Waals surface area contributed by atoms with Crippen molar-refractivity contribution in [1.29, 1.82) is 0 Å². The SMILES string of the molecule is O=C1Cc2ccc3c(c2)C(=O)Oc2c[c-]c(cc2)-c2ccc(cn2)OC(=O)c2cc(cc(c2)C(=O)Oc2ccc(nc2)-c2[c-]cc(cc2)OC3=O)C(=O)Oc2ccc(nc2)-c2[c-]cc(cc2)O1.[Ir+3]. The van der Waals surface area contributed by atoms with Crippen LogP contribution in [0, 0.1) is 18.2 Å². The fourth-order valence-corrected chi connectivity index (χ4v) is 6.89. The predicted molar refractivity (Wildman–Crippen MR) is 233 cm³/mol. The van der Waals surface area contributed by atoms with Crippen LogP contribution in [0.1, 0.15) is 57.4 Å². The van der Waals surface area contributed by atoms with Crippen LogP contribution >= 0.6 is 0 Å². The van der Waals surface area contributed by atoms with Gasteiger partial charge in [0.1, 0.15) is 17.2 Å². The minimum atomic E-state index is -0.938. The van der Waals surface area contributed by atoms with Crippen molar-refractivity contribution in [2.75, 3.05) is 0 Å². The van der Waals surface area contributed by atoms with Gasteiger partial charge in [-0.05, 0) is 71.2 Å². The van der Waals surface area contributed by atoms with Crippen LogP contribution in [0.4, 0.5) is 0 Å². The maximum absolute atomic E-state index is 13.9. The molecule has 17 bridgehead atoms. The number of rotatable bonds is 0.